The zero-order chi connectivity index (χ0) is 47.9. The van der Waals surface area contributed by atoms with Gasteiger partial charge < -0.3 is 14.2 Å². The fraction of sp³-hybridized carbons (Fsp3) is 0.450. The molecule has 0 radical (unpaired) electrons. The monoisotopic (exact) mass is 903 g/mol. The number of esters is 3. The molecule has 0 N–H and O–H groups in total. The van der Waals surface area contributed by atoms with Crippen LogP contribution in [0.25, 0.3) is 0 Å². The highest BCUT2D eigenvalue weighted by Crippen LogP contribution is 2.07. The minimum atomic E-state index is -0.888. The Labute approximate surface area is 402 Å². The lowest BCUT2D eigenvalue weighted by molar-refractivity contribution is -0.166. The predicted octanol–water partition coefficient (Wildman–Crippen LogP) is 16.6. The summed E-state index contributed by atoms with van der Waals surface area (Å²) in [6, 6.07) is 0. The lowest BCUT2D eigenvalue weighted by Gasteiger charge is -2.18. The van der Waals surface area contributed by atoms with Crippen LogP contribution >= 0.6 is 0 Å². The molecule has 0 aliphatic heterocycles. The molecule has 6 nitrogen and oxygen atoms in total. The van der Waals surface area contributed by atoms with Gasteiger partial charge in [0.2, 0.25) is 0 Å². The minimum absolute atomic E-state index is 0.164. The molecule has 0 amide bonds. The Bertz CT molecular complexity index is 1570. The second-order valence-electron chi connectivity index (χ2n) is 15.2. The zero-order valence-corrected chi connectivity index (χ0v) is 41.1. The topological polar surface area (TPSA) is 78.9 Å². The third-order valence-electron chi connectivity index (χ3n) is 9.18. The molecule has 6 heteroatoms. The maximum atomic E-state index is 12.8. The summed E-state index contributed by atoms with van der Waals surface area (Å²) in [7, 11) is 0. The number of carbonyl (C=O) groups excluding carboxylic acids is 3. The van der Waals surface area contributed by atoms with Gasteiger partial charge in [0.05, 0.1) is 0 Å². The number of allylic oxidation sites excluding steroid dienone is 30. The van der Waals surface area contributed by atoms with Crippen molar-refractivity contribution in [2.24, 2.45) is 0 Å². The highest BCUT2D eigenvalue weighted by molar-refractivity contribution is 5.71. The summed E-state index contributed by atoms with van der Waals surface area (Å²) in [5.41, 5.74) is 0. The molecule has 362 valence electrons. The quantitative estimate of drug-likeness (QED) is 0.0345. The van der Waals surface area contributed by atoms with Gasteiger partial charge in [0, 0.05) is 19.3 Å². The largest absolute Gasteiger partial charge is 0.462 e. The molecule has 0 aliphatic carbocycles. The molecule has 0 bridgehead atoms. The van der Waals surface area contributed by atoms with Gasteiger partial charge in [-0.1, -0.05) is 203 Å². The Morgan fingerprint density at radius 2 is 0.485 bits per heavy atom. The van der Waals surface area contributed by atoms with E-state index in [0.29, 0.717) is 19.3 Å². The van der Waals surface area contributed by atoms with Gasteiger partial charge >= 0.3 is 17.9 Å². The van der Waals surface area contributed by atoms with Crippen molar-refractivity contribution < 1.29 is 28.6 Å². The molecule has 0 aliphatic rings. The van der Waals surface area contributed by atoms with Crippen LogP contribution in [0.1, 0.15) is 156 Å². The van der Waals surface area contributed by atoms with E-state index in [-0.39, 0.29) is 32.5 Å². The van der Waals surface area contributed by atoms with Crippen LogP contribution in [-0.2, 0) is 28.6 Å². The predicted molar refractivity (Wildman–Crippen MR) is 283 cm³/mol. The zero-order valence-electron chi connectivity index (χ0n) is 41.1. The van der Waals surface area contributed by atoms with Crippen LogP contribution in [-0.4, -0.2) is 37.2 Å². The van der Waals surface area contributed by atoms with E-state index in [4.69, 9.17) is 14.2 Å². The van der Waals surface area contributed by atoms with Crippen molar-refractivity contribution in [3.8, 4) is 0 Å². The Balaban J connectivity index is 4.76. The molecule has 0 atom stereocenters. The summed E-state index contributed by atoms with van der Waals surface area (Å²) >= 11 is 0. The maximum Gasteiger partial charge on any atom is 0.306 e. The molecule has 0 aromatic carbocycles. The standard InChI is InChI=1S/C60H86O6/c1-4-7-10-13-16-19-22-25-28-31-34-37-40-43-46-49-52-58(61)64-55-57(66-60(63)54-51-48-45-42-39-36-33-30-27-24-21-18-15-12-9-6-3)56-65-59(62)53-50-47-44-41-38-35-32-29-26-23-20-17-14-11-8-5-2/h7-12,16-21,25-30,34-39,43-48,57H,4-6,13-15,22-24,31-33,40-42,49-56H2,1-3H3/b10-7-,11-8-,12-9-,19-16-,20-17-,21-18-,28-25-,29-26-,30-27-,37-34-,38-35-,39-36-,46-43-,47-44-,48-45-. The molecule has 0 spiro atoms. The van der Waals surface area contributed by atoms with Crippen molar-refractivity contribution in [2.45, 2.75) is 162 Å². The molecule has 66 heavy (non-hydrogen) atoms. The van der Waals surface area contributed by atoms with Crippen molar-refractivity contribution in [2.75, 3.05) is 13.2 Å². The van der Waals surface area contributed by atoms with Crippen LogP contribution in [0.3, 0.4) is 0 Å². The highest BCUT2D eigenvalue weighted by atomic mass is 16.6. The first-order chi connectivity index (χ1) is 32.5. The van der Waals surface area contributed by atoms with E-state index in [9.17, 15) is 14.4 Å². The highest BCUT2D eigenvalue weighted by Gasteiger charge is 2.19. The summed E-state index contributed by atoms with van der Waals surface area (Å²) < 4.78 is 16.5. The van der Waals surface area contributed by atoms with E-state index in [1.54, 1.807) is 0 Å². The van der Waals surface area contributed by atoms with Gasteiger partial charge in [-0.2, -0.15) is 0 Å². The fourth-order valence-electron chi connectivity index (χ4n) is 5.59. The van der Waals surface area contributed by atoms with Crippen molar-refractivity contribution >= 4 is 17.9 Å². The molecule has 0 saturated carbocycles. The van der Waals surface area contributed by atoms with Crippen LogP contribution in [0, 0.1) is 0 Å². The molecule has 0 unspecified atom stereocenters. The normalized spacial score (nSPS) is 13.3. The van der Waals surface area contributed by atoms with Crippen molar-refractivity contribution in [1.82, 2.24) is 0 Å². The Kier molecular flexibility index (Phi) is 47.8. The second kappa shape index (κ2) is 52.1. The van der Waals surface area contributed by atoms with Gasteiger partial charge in [0.1, 0.15) is 13.2 Å². The SMILES string of the molecule is CC/C=C\C/C=C\C/C=C\C/C=C\C/C=C\CCC(=O)OCC(COC(=O)CC/C=C\C/C=C\C/C=C\C/C=C\C/C=C\CC)OC(=O)CC/C=C\C/C=C\C/C=C\C/C=C\C/C=C\CC. The first-order valence-corrected chi connectivity index (χ1v) is 24.8. The van der Waals surface area contributed by atoms with Gasteiger partial charge in [-0.3, -0.25) is 14.4 Å². The Morgan fingerprint density at radius 1 is 0.288 bits per heavy atom. The smallest absolute Gasteiger partial charge is 0.306 e. The molecule has 0 aromatic heterocycles. The van der Waals surface area contributed by atoms with E-state index in [0.717, 1.165) is 96.3 Å². The van der Waals surface area contributed by atoms with Gasteiger partial charge in [-0.25, -0.2) is 0 Å². The van der Waals surface area contributed by atoms with E-state index in [1.165, 1.54) is 0 Å². The summed E-state index contributed by atoms with van der Waals surface area (Å²) in [6.07, 6.45) is 79.1. The summed E-state index contributed by atoms with van der Waals surface area (Å²) in [5, 5.41) is 0. The molecule has 0 rings (SSSR count). The average molecular weight is 903 g/mol. The molecule has 0 saturated heterocycles. The summed E-state index contributed by atoms with van der Waals surface area (Å²) in [5.74, 6) is -1.24. The van der Waals surface area contributed by atoms with E-state index in [1.807, 2.05) is 36.5 Å². The third kappa shape index (κ3) is 49.5. The maximum absolute atomic E-state index is 12.8. The lowest BCUT2D eigenvalue weighted by Crippen LogP contribution is -2.30. The molecule has 0 aromatic rings. The summed E-state index contributed by atoms with van der Waals surface area (Å²) in [4.78, 5) is 37.9. The Morgan fingerprint density at radius 3 is 0.712 bits per heavy atom. The number of rotatable bonds is 41. The number of hydrogen-bond acceptors (Lipinski definition) is 6. The van der Waals surface area contributed by atoms with Gasteiger partial charge in [-0.15, -0.1) is 0 Å². The van der Waals surface area contributed by atoms with E-state index in [2.05, 4.69) is 167 Å². The van der Waals surface area contributed by atoms with Gasteiger partial charge in [0.25, 0.3) is 0 Å². The lowest BCUT2D eigenvalue weighted by atomic mass is 10.2. The van der Waals surface area contributed by atoms with Crippen molar-refractivity contribution in [3.05, 3.63) is 182 Å². The Hall–Kier alpha value is -5.49. The van der Waals surface area contributed by atoms with E-state index < -0.39 is 24.0 Å². The molecular weight excluding hydrogens is 817 g/mol. The minimum Gasteiger partial charge on any atom is -0.462 e. The van der Waals surface area contributed by atoms with Gasteiger partial charge in [-0.05, 0) is 116 Å². The molecule has 0 heterocycles. The summed E-state index contributed by atoms with van der Waals surface area (Å²) in [6.45, 7) is 6.05. The first-order valence-electron chi connectivity index (χ1n) is 24.8. The average Bonchev–Trinajstić information content (AvgIpc) is 3.31. The third-order valence-corrected chi connectivity index (χ3v) is 9.18. The number of carbonyl (C=O) groups is 3. The van der Waals surface area contributed by atoms with Crippen molar-refractivity contribution in [1.29, 1.82) is 0 Å². The van der Waals surface area contributed by atoms with Gasteiger partial charge in [0.15, 0.2) is 6.10 Å². The van der Waals surface area contributed by atoms with Crippen molar-refractivity contribution in [3.63, 3.8) is 0 Å². The number of ether oxygens (including phenoxy) is 3. The fourth-order valence-corrected chi connectivity index (χ4v) is 5.59. The first kappa shape index (κ1) is 60.5. The van der Waals surface area contributed by atoms with Crippen LogP contribution in [0.15, 0.2) is 182 Å². The van der Waals surface area contributed by atoms with Crippen LogP contribution in [0.2, 0.25) is 0 Å². The van der Waals surface area contributed by atoms with Crippen LogP contribution in [0.4, 0.5) is 0 Å². The molecule has 0 fully saturated rings. The second-order valence-corrected chi connectivity index (χ2v) is 15.2. The van der Waals surface area contributed by atoms with Crippen LogP contribution in [0.5, 0.6) is 0 Å². The molecular formula is C60H86O6. The van der Waals surface area contributed by atoms with E-state index >= 15 is 0 Å². The number of hydrogen-bond donors (Lipinski definition) is 0. The van der Waals surface area contributed by atoms with Crippen LogP contribution < -0.4 is 0 Å².